The molecule has 0 spiro atoms. The van der Waals surface area contributed by atoms with E-state index in [4.69, 9.17) is 5.73 Å². The van der Waals surface area contributed by atoms with Crippen molar-refractivity contribution in [3.63, 3.8) is 0 Å². The van der Waals surface area contributed by atoms with Gasteiger partial charge in [-0.25, -0.2) is 0 Å². The number of halogens is 3. The Labute approximate surface area is 152 Å². The number of amides is 1. The third-order valence-electron chi connectivity index (χ3n) is 5.42. The molecular formula is C19H26F3N3O. The Morgan fingerprint density at radius 3 is 2.42 bits per heavy atom. The molecule has 2 fully saturated rings. The quantitative estimate of drug-likeness (QED) is 0.809. The number of nitrogens with zero attached hydrogens (tertiary/aromatic N) is 1. The van der Waals surface area contributed by atoms with Gasteiger partial charge < -0.3 is 16.0 Å². The lowest BCUT2D eigenvalue weighted by atomic mass is 9.88. The van der Waals surface area contributed by atoms with E-state index >= 15 is 0 Å². The molecule has 1 heterocycles. The summed E-state index contributed by atoms with van der Waals surface area (Å²) < 4.78 is 39.5. The normalized spacial score (nSPS) is 19.8. The van der Waals surface area contributed by atoms with Crippen LogP contribution in [0.15, 0.2) is 36.2 Å². The summed E-state index contributed by atoms with van der Waals surface area (Å²) in [4.78, 5) is 13.9. The van der Waals surface area contributed by atoms with Crippen LogP contribution in [-0.2, 0) is 10.2 Å². The van der Waals surface area contributed by atoms with Gasteiger partial charge in [0.2, 0.25) is 5.91 Å². The van der Waals surface area contributed by atoms with Crippen LogP contribution in [0.2, 0.25) is 0 Å². The van der Waals surface area contributed by atoms with Crippen LogP contribution in [0, 0.1) is 0 Å². The van der Waals surface area contributed by atoms with E-state index in [2.05, 4.69) is 5.32 Å². The molecule has 1 saturated carbocycles. The van der Waals surface area contributed by atoms with Gasteiger partial charge in [-0.2, -0.15) is 13.2 Å². The van der Waals surface area contributed by atoms with Gasteiger partial charge in [0.05, 0.1) is 5.41 Å². The van der Waals surface area contributed by atoms with Crippen molar-refractivity contribution in [2.75, 3.05) is 20.1 Å². The minimum atomic E-state index is -4.18. The number of carbonyl (C=O) groups is 1. The molecule has 0 unspecified atom stereocenters. The second-order valence-electron chi connectivity index (χ2n) is 7.21. The van der Waals surface area contributed by atoms with Gasteiger partial charge in [0, 0.05) is 45.8 Å². The predicted molar refractivity (Wildman–Crippen MR) is 95.4 cm³/mol. The Balaban J connectivity index is 0.00000261. The molecule has 3 rings (SSSR count). The third kappa shape index (κ3) is 3.52. The number of benzene rings is 1. The smallest absolute Gasteiger partial charge is 0.398 e. The molecule has 0 radical (unpaired) electrons. The van der Waals surface area contributed by atoms with Gasteiger partial charge in [0.15, 0.2) is 0 Å². The Kier molecular flexibility index (Phi) is 4.90. The molecule has 144 valence electrons. The largest absolute Gasteiger partial charge is 0.401 e. The molecule has 0 atom stereocenters. The monoisotopic (exact) mass is 369 g/mol. The van der Waals surface area contributed by atoms with Gasteiger partial charge in [-0.15, -0.1) is 0 Å². The number of allylic oxidation sites excluding steroid dienone is 1. The lowest BCUT2D eigenvalue weighted by Crippen LogP contribution is -2.48. The molecule has 1 amide bonds. The first kappa shape index (κ1) is 18.6. The molecule has 3 N–H and O–H groups in total. The highest BCUT2D eigenvalue weighted by atomic mass is 19.4. The number of rotatable bonds is 6. The Hall–Kier alpha value is -2.18. The summed E-state index contributed by atoms with van der Waals surface area (Å²) in [5.74, 6) is 0.249. The number of nitrogens with two attached hydrogens (primary N) is 1. The van der Waals surface area contributed by atoms with Crippen molar-refractivity contribution in [3.05, 3.63) is 47.3 Å². The Morgan fingerprint density at radius 1 is 1.31 bits per heavy atom. The highest BCUT2D eigenvalue weighted by molar-refractivity contribution is 5.77. The average molecular weight is 369 g/mol. The van der Waals surface area contributed by atoms with Gasteiger partial charge in [0.25, 0.3) is 0 Å². The number of hydrogen-bond donors (Lipinski definition) is 2. The van der Waals surface area contributed by atoms with E-state index in [0.717, 1.165) is 5.56 Å². The van der Waals surface area contributed by atoms with E-state index in [9.17, 15) is 18.0 Å². The van der Waals surface area contributed by atoms with E-state index in [0.29, 0.717) is 37.2 Å². The SMILES string of the molecule is CN/C=C(\N)CCC(=O)N1CC(c2ccc(C3(C(F)(F)F)CC3)cc2)C1.[HH]. The average Bonchev–Trinajstić information content (AvgIpc) is 3.34. The number of carbonyl (C=O) groups excluding carboxylic acids is 1. The first-order valence-electron chi connectivity index (χ1n) is 8.83. The molecule has 0 bridgehead atoms. The van der Waals surface area contributed by atoms with Crippen LogP contribution in [0.4, 0.5) is 13.2 Å². The second kappa shape index (κ2) is 6.85. The molecule has 2 aliphatic rings. The van der Waals surface area contributed by atoms with Crippen LogP contribution in [0.5, 0.6) is 0 Å². The fourth-order valence-electron chi connectivity index (χ4n) is 3.50. The van der Waals surface area contributed by atoms with Crippen molar-refractivity contribution in [3.8, 4) is 0 Å². The fourth-order valence-corrected chi connectivity index (χ4v) is 3.50. The van der Waals surface area contributed by atoms with Crippen LogP contribution in [0.1, 0.15) is 44.2 Å². The second-order valence-corrected chi connectivity index (χ2v) is 7.21. The van der Waals surface area contributed by atoms with Gasteiger partial charge in [-0.1, -0.05) is 24.3 Å². The highest BCUT2D eigenvalue weighted by Crippen LogP contribution is 2.58. The lowest BCUT2D eigenvalue weighted by molar-refractivity contribution is -0.160. The van der Waals surface area contributed by atoms with Crippen LogP contribution in [0.3, 0.4) is 0 Å². The summed E-state index contributed by atoms with van der Waals surface area (Å²) in [7, 11) is 1.75. The zero-order chi connectivity index (χ0) is 18.9. The van der Waals surface area contributed by atoms with Gasteiger partial charge in [-0.3, -0.25) is 4.79 Å². The van der Waals surface area contributed by atoms with E-state index in [1.165, 1.54) is 0 Å². The Morgan fingerprint density at radius 2 is 1.92 bits per heavy atom. The maximum atomic E-state index is 13.2. The summed E-state index contributed by atoms with van der Waals surface area (Å²) in [5.41, 5.74) is 6.09. The Bertz CT molecular complexity index is 693. The van der Waals surface area contributed by atoms with Crippen LogP contribution >= 0.6 is 0 Å². The van der Waals surface area contributed by atoms with Crippen molar-refractivity contribution < 1.29 is 19.4 Å². The van der Waals surface area contributed by atoms with E-state index < -0.39 is 11.6 Å². The maximum absolute atomic E-state index is 13.2. The fraction of sp³-hybridized carbons (Fsp3) is 0.526. The summed E-state index contributed by atoms with van der Waals surface area (Å²) in [6, 6.07) is 6.76. The summed E-state index contributed by atoms with van der Waals surface area (Å²) in [6.45, 7) is 1.22. The molecule has 0 aromatic heterocycles. The molecule has 26 heavy (non-hydrogen) atoms. The number of alkyl halides is 3. The topological polar surface area (TPSA) is 58.4 Å². The van der Waals surface area contributed by atoms with E-state index in [1.54, 1.807) is 42.4 Å². The zero-order valence-electron chi connectivity index (χ0n) is 14.8. The van der Waals surface area contributed by atoms with Crippen molar-refractivity contribution in [1.82, 2.24) is 10.2 Å². The molecule has 7 heteroatoms. The van der Waals surface area contributed by atoms with Crippen molar-refractivity contribution in [2.24, 2.45) is 5.73 Å². The van der Waals surface area contributed by atoms with E-state index in [1.807, 2.05) is 0 Å². The van der Waals surface area contributed by atoms with Gasteiger partial charge in [0.1, 0.15) is 0 Å². The number of nitrogens with one attached hydrogen (secondary N) is 1. The van der Waals surface area contributed by atoms with Crippen molar-refractivity contribution in [2.45, 2.75) is 43.2 Å². The van der Waals surface area contributed by atoms with Gasteiger partial charge >= 0.3 is 6.18 Å². The first-order valence-corrected chi connectivity index (χ1v) is 8.83. The highest BCUT2D eigenvalue weighted by Gasteiger charge is 2.64. The summed E-state index contributed by atoms with van der Waals surface area (Å²) >= 11 is 0. The third-order valence-corrected chi connectivity index (χ3v) is 5.42. The maximum Gasteiger partial charge on any atom is 0.398 e. The van der Waals surface area contributed by atoms with Crippen LogP contribution < -0.4 is 11.1 Å². The first-order chi connectivity index (χ1) is 12.3. The summed E-state index contributed by atoms with van der Waals surface area (Å²) in [6.07, 6.45) is -1.29. The number of hydrogen-bond acceptors (Lipinski definition) is 3. The van der Waals surface area contributed by atoms with Crippen molar-refractivity contribution >= 4 is 5.91 Å². The lowest BCUT2D eigenvalue weighted by Gasteiger charge is -2.40. The van der Waals surface area contributed by atoms with Crippen molar-refractivity contribution in [1.29, 1.82) is 0 Å². The predicted octanol–water partition coefficient (Wildman–Crippen LogP) is 3.25. The minimum Gasteiger partial charge on any atom is -0.401 e. The summed E-state index contributed by atoms with van der Waals surface area (Å²) in [5, 5.41) is 2.82. The molecular weight excluding hydrogens is 343 g/mol. The van der Waals surface area contributed by atoms with Gasteiger partial charge in [-0.05, 0) is 30.4 Å². The number of likely N-dealkylation sites (tertiary alicyclic amines) is 1. The molecule has 1 aromatic carbocycles. The molecule has 1 aromatic rings. The van der Waals surface area contributed by atoms with Crippen LogP contribution in [0.25, 0.3) is 0 Å². The zero-order valence-corrected chi connectivity index (χ0v) is 14.8. The molecule has 4 nitrogen and oxygen atoms in total. The van der Waals surface area contributed by atoms with E-state index in [-0.39, 0.29) is 26.1 Å². The standard InChI is InChI=1S/C19H24F3N3O.H2/c1-24-10-16(23)6-7-17(26)25-11-14(12-25)13-2-4-15(5-3-13)18(8-9-18)19(20,21)22;/h2-5,10,14,24H,6-9,11-12,23H2,1H3;1H/b16-10-;. The van der Waals surface area contributed by atoms with Crippen LogP contribution in [-0.4, -0.2) is 37.1 Å². The molecule has 1 aliphatic heterocycles. The molecule has 1 saturated heterocycles. The molecule has 1 aliphatic carbocycles. The minimum absolute atomic E-state index is 0.